The zero-order chi connectivity index (χ0) is 19.2. The average Bonchev–Trinajstić information content (AvgIpc) is 3.13. The van der Waals surface area contributed by atoms with Crippen LogP contribution < -0.4 is 19.5 Å². The van der Waals surface area contributed by atoms with Crippen molar-refractivity contribution in [2.45, 2.75) is 6.92 Å². The van der Waals surface area contributed by atoms with E-state index < -0.39 is 0 Å². The molecule has 1 aliphatic rings. The summed E-state index contributed by atoms with van der Waals surface area (Å²) < 4.78 is 16.1. The van der Waals surface area contributed by atoms with Crippen LogP contribution in [0.4, 0.5) is 0 Å². The number of hydrogen-bond acceptors (Lipinski definition) is 5. The minimum absolute atomic E-state index is 0.0891. The molecule has 0 atom stereocenters. The smallest absolute Gasteiger partial charge is 0.251 e. The molecule has 3 rings (SSSR count). The Kier molecular flexibility index (Phi) is 5.80. The number of rotatable bonds is 7. The monoisotopic (exact) mass is 370 g/mol. The molecule has 2 aromatic carbocycles. The Morgan fingerprint density at radius 3 is 2.78 bits per heavy atom. The number of nitrogens with one attached hydrogen (secondary N) is 1. The van der Waals surface area contributed by atoms with Crippen LogP contribution in [0, 0.1) is 6.92 Å². The number of fused-ring (bicyclic) bond motifs is 1. The molecule has 142 valence electrons. The molecule has 7 heteroatoms. The molecule has 0 bridgehead atoms. The topological polar surface area (TPSA) is 77.1 Å². The van der Waals surface area contributed by atoms with E-state index in [4.69, 9.17) is 14.2 Å². The summed E-state index contributed by atoms with van der Waals surface area (Å²) in [5.41, 5.74) is 1.53. The Morgan fingerprint density at radius 1 is 1.15 bits per heavy atom. The van der Waals surface area contributed by atoms with E-state index in [0.717, 1.165) is 11.3 Å². The molecule has 0 spiro atoms. The molecule has 0 radical (unpaired) electrons. The third-order valence-corrected chi connectivity index (χ3v) is 4.15. The maximum atomic E-state index is 12.2. The van der Waals surface area contributed by atoms with Crippen LogP contribution in [0.2, 0.25) is 0 Å². The molecule has 1 aliphatic heterocycles. The van der Waals surface area contributed by atoms with E-state index in [1.807, 2.05) is 31.2 Å². The van der Waals surface area contributed by atoms with Crippen molar-refractivity contribution in [3.63, 3.8) is 0 Å². The highest BCUT2D eigenvalue weighted by atomic mass is 16.7. The first kappa shape index (κ1) is 18.6. The highest BCUT2D eigenvalue weighted by Gasteiger charge is 2.17. The number of hydrogen-bond donors (Lipinski definition) is 1. The Hall–Kier alpha value is -3.22. The van der Waals surface area contributed by atoms with E-state index in [1.165, 1.54) is 4.90 Å². The molecule has 0 aliphatic carbocycles. The molecule has 1 N–H and O–H groups in total. The third-order valence-electron chi connectivity index (χ3n) is 4.15. The quantitative estimate of drug-likeness (QED) is 0.807. The number of nitrogens with zero attached hydrogens (tertiary/aromatic N) is 1. The molecule has 2 amide bonds. The first-order chi connectivity index (χ1) is 13.0. The molecular formula is C20H22N2O5. The zero-order valence-electron chi connectivity index (χ0n) is 15.4. The standard InChI is InChI=1S/C20H22N2O5/c1-14-4-3-5-16(10-14)25-9-8-22(2)19(23)12-21-20(24)15-6-7-17-18(11-15)27-13-26-17/h3-7,10-11H,8-9,12-13H2,1-2H3,(H,21,24). The molecule has 0 aromatic heterocycles. The van der Waals surface area contributed by atoms with Gasteiger partial charge < -0.3 is 24.4 Å². The van der Waals surface area contributed by atoms with Crippen molar-refractivity contribution in [1.82, 2.24) is 10.2 Å². The van der Waals surface area contributed by atoms with Gasteiger partial charge in [0.2, 0.25) is 12.7 Å². The summed E-state index contributed by atoms with van der Waals surface area (Å²) in [6.45, 7) is 2.85. The molecule has 0 saturated heterocycles. The summed E-state index contributed by atoms with van der Waals surface area (Å²) in [6.07, 6.45) is 0. The van der Waals surface area contributed by atoms with Gasteiger partial charge >= 0.3 is 0 Å². The largest absolute Gasteiger partial charge is 0.492 e. The fourth-order valence-corrected chi connectivity index (χ4v) is 2.56. The van der Waals surface area contributed by atoms with Crippen LogP contribution in [0.3, 0.4) is 0 Å². The second kappa shape index (κ2) is 8.44. The van der Waals surface area contributed by atoms with Crippen LogP contribution in [0.5, 0.6) is 17.2 Å². The van der Waals surface area contributed by atoms with E-state index >= 15 is 0 Å². The lowest BCUT2D eigenvalue weighted by atomic mass is 10.2. The summed E-state index contributed by atoms with van der Waals surface area (Å²) in [6, 6.07) is 12.6. The van der Waals surface area contributed by atoms with Gasteiger partial charge in [0.15, 0.2) is 11.5 Å². The van der Waals surface area contributed by atoms with Crippen LogP contribution in [0.15, 0.2) is 42.5 Å². The van der Waals surface area contributed by atoms with Gasteiger partial charge in [0, 0.05) is 12.6 Å². The van der Waals surface area contributed by atoms with Gasteiger partial charge in [-0.25, -0.2) is 0 Å². The molecule has 0 unspecified atom stereocenters. The predicted octanol–water partition coefficient (Wildman–Crippen LogP) is 1.99. The average molecular weight is 370 g/mol. The van der Waals surface area contributed by atoms with Crippen molar-refractivity contribution in [2.75, 3.05) is 33.5 Å². The highest BCUT2D eigenvalue weighted by molar-refractivity contribution is 5.97. The van der Waals surface area contributed by atoms with Crippen LogP contribution in [0.1, 0.15) is 15.9 Å². The summed E-state index contributed by atoms with van der Waals surface area (Å²) in [5.74, 6) is 1.37. The number of ether oxygens (including phenoxy) is 3. The predicted molar refractivity (Wildman–Crippen MR) is 99.2 cm³/mol. The molecule has 7 nitrogen and oxygen atoms in total. The third kappa shape index (κ3) is 4.91. The Bertz CT molecular complexity index is 837. The summed E-state index contributed by atoms with van der Waals surface area (Å²) in [7, 11) is 1.68. The van der Waals surface area contributed by atoms with Gasteiger partial charge in [-0.15, -0.1) is 0 Å². The lowest BCUT2D eigenvalue weighted by molar-refractivity contribution is -0.129. The Labute approximate surface area is 157 Å². The second-order valence-electron chi connectivity index (χ2n) is 6.23. The van der Waals surface area contributed by atoms with Crippen molar-refractivity contribution >= 4 is 11.8 Å². The van der Waals surface area contributed by atoms with E-state index in [2.05, 4.69) is 5.32 Å². The fourth-order valence-electron chi connectivity index (χ4n) is 2.56. The van der Waals surface area contributed by atoms with Crippen LogP contribution in [-0.4, -0.2) is 50.3 Å². The first-order valence-electron chi connectivity index (χ1n) is 8.64. The van der Waals surface area contributed by atoms with E-state index in [-0.39, 0.29) is 25.2 Å². The SMILES string of the molecule is Cc1cccc(OCCN(C)C(=O)CNC(=O)c2ccc3c(c2)OCO3)c1. The van der Waals surface area contributed by atoms with Gasteiger partial charge in [0.1, 0.15) is 12.4 Å². The number of aryl methyl sites for hydroxylation is 1. The van der Waals surface area contributed by atoms with Crippen molar-refractivity contribution in [3.05, 3.63) is 53.6 Å². The lowest BCUT2D eigenvalue weighted by Crippen LogP contribution is -2.39. The second-order valence-corrected chi connectivity index (χ2v) is 6.23. The number of likely N-dealkylation sites (N-methyl/N-ethyl adjacent to an activating group) is 1. The first-order valence-corrected chi connectivity index (χ1v) is 8.64. The van der Waals surface area contributed by atoms with Gasteiger partial charge in [0.25, 0.3) is 5.91 Å². The lowest BCUT2D eigenvalue weighted by Gasteiger charge is -2.18. The van der Waals surface area contributed by atoms with Gasteiger partial charge in [-0.2, -0.15) is 0 Å². The summed E-state index contributed by atoms with van der Waals surface area (Å²) in [5, 5.41) is 2.62. The number of amides is 2. The number of carbonyl (C=O) groups is 2. The van der Waals surface area contributed by atoms with E-state index in [0.29, 0.717) is 30.2 Å². The molecule has 1 heterocycles. The maximum absolute atomic E-state index is 12.2. The molecular weight excluding hydrogens is 348 g/mol. The zero-order valence-corrected chi connectivity index (χ0v) is 15.4. The molecule has 0 saturated carbocycles. The molecule has 2 aromatic rings. The van der Waals surface area contributed by atoms with E-state index in [1.54, 1.807) is 25.2 Å². The van der Waals surface area contributed by atoms with Gasteiger partial charge in [0.05, 0.1) is 13.1 Å². The normalized spacial score (nSPS) is 11.8. The number of benzene rings is 2. The van der Waals surface area contributed by atoms with Crippen LogP contribution in [-0.2, 0) is 4.79 Å². The van der Waals surface area contributed by atoms with Crippen molar-refractivity contribution < 1.29 is 23.8 Å². The van der Waals surface area contributed by atoms with Crippen LogP contribution >= 0.6 is 0 Å². The molecule has 0 fully saturated rings. The highest BCUT2D eigenvalue weighted by Crippen LogP contribution is 2.32. The van der Waals surface area contributed by atoms with E-state index in [9.17, 15) is 9.59 Å². The van der Waals surface area contributed by atoms with Crippen molar-refractivity contribution in [1.29, 1.82) is 0 Å². The van der Waals surface area contributed by atoms with Gasteiger partial charge in [-0.1, -0.05) is 12.1 Å². The minimum atomic E-state index is -0.342. The van der Waals surface area contributed by atoms with Crippen molar-refractivity contribution in [3.8, 4) is 17.2 Å². The fraction of sp³-hybridized carbons (Fsp3) is 0.300. The summed E-state index contributed by atoms with van der Waals surface area (Å²) >= 11 is 0. The molecule has 27 heavy (non-hydrogen) atoms. The van der Waals surface area contributed by atoms with Gasteiger partial charge in [-0.3, -0.25) is 9.59 Å². The summed E-state index contributed by atoms with van der Waals surface area (Å²) in [4.78, 5) is 25.9. The maximum Gasteiger partial charge on any atom is 0.251 e. The Morgan fingerprint density at radius 2 is 1.96 bits per heavy atom. The number of carbonyl (C=O) groups excluding carboxylic acids is 2. The minimum Gasteiger partial charge on any atom is -0.492 e. The van der Waals surface area contributed by atoms with Gasteiger partial charge in [-0.05, 0) is 42.8 Å². The van der Waals surface area contributed by atoms with Crippen molar-refractivity contribution in [2.24, 2.45) is 0 Å². The Balaban J connectivity index is 1.42. The van der Waals surface area contributed by atoms with Crippen LogP contribution in [0.25, 0.3) is 0 Å².